The van der Waals surface area contributed by atoms with Gasteiger partial charge in [0, 0.05) is 38.3 Å². The number of carbonyl (C=O) groups is 1. The number of hydrogen-bond donors (Lipinski definition) is 0. The number of ketones is 1. The summed E-state index contributed by atoms with van der Waals surface area (Å²) in [5.74, 6) is 0.538. The SMILES string of the molecule is CC(=O)c1cccc(F)c1N1CCN(CC2CC2)CC1. The number of nitrogens with zero attached hydrogens (tertiary/aromatic N) is 2. The minimum absolute atomic E-state index is 0.0695. The van der Waals surface area contributed by atoms with E-state index in [1.165, 1.54) is 32.4 Å². The van der Waals surface area contributed by atoms with Crippen LogP contribution < -0.4 is 4.90 Å². The number of Topliss-reactive ketones (excluding diaryl/α,β-unsaturated/α-hetero) is 1. The summed E-state index contributed by atoms with van der Waals surface area (Å²) in [5, 5.41) is 0. The molecule has 1 aromatic carbocycles. The summed E-state index contributed by atoms with van der Waals surface area (Å²) in [6, 6.07) is 4.77. The van der Waals surface area contributed by atoms with Crippen LogP contribution in [0.15, 0.2) is 18.2 Å². The van der Waals surface area contributed by atoms with E-state index in [0.29, 0.717) is 11.3 Å². The molecule has 1 aromatic rings. The lowest BCUT2D eigenvalue weighted by Gasteiger charge is -2.37. The third-order valence-electron chi connectivity index (χ3n) is 4.27. The number of carbonyl (C=O) groups excluding carboxylic acids is 1. The largest absolute Gasteiger partial charge is 0.366 e. The fourth-order valence-electron chi connectivity index (χ4n) is 2.94. The molecule has 1 aliphatic heterocycles. The molecule has 0 unspecified atom stereocenters. The van der Waals surface area contributed by atoms with E-state index in [2.05, 4.69) is 4.90 Å². The topological polar surface area (TPSA) is 23.6 Å². The Labute approximate surface area is 119 Å². The predicted octanol–water partition coefficient (Wildman–Crippen LogP) is 2.56. The molecule has 0 radical (unpaired) electrons. The number of benzene rings is 1. The van der Waals surface area contributed by atoms with Gasteiger partial charge in [-0.25, -0.2) is 4.39 Å². The predicted molar refractivity (Wildman–Crippen MR) is 77.8 cm³/mol. The van der Waals surface area contributed by atoms with Gasteiger partial charge in [0.1, 0.15) is 5.82 Å². The highest BCUT2D eigenvalue weighted by Crippen LogP contribution is 2.31. The van der Waals surface area contributed by atoms with Crippen molar-refractivity contribution < 1.29 is 9.18 Å². The Morgan fingerprint density at radius 1 is 1.25 bits per heavy atom. The molecule has 1 heterocycles. The van der Waals surface area contributed by atoms with E-state index >= 15 is 0 Å². The van der Waals surface area contributed by atoms with E-state index in [0.717, 1.165) is 32.1 Å². The zero-order valence-corrected chi connectivity index (χ0v) is 11.9. The molecule has 2 aliphatic rings. The Kier molecular flexibility index (Phi) is 3.74. The molecule has 1 saturated carbocycles. The first-order valence-corrected chi connectivity index (χ1v) is 7.42. The van der Waals surface area contributed by atoms with Crippen LogP contribution in [-0.4, -0.2) is 43.4 Å². The van der Waals surface area contributed by atoms with Crippen molar-refractivity contribution in [3.05, 3.63) is 29.6 Å². The van der Waals surface area contributed by atoms with E-state index in [-0.39, 0.29) is 11.6 Å². The second-order valence-electron chi connectivity index (χ2n) is 5.92. The molecule has 4 heteroatoms. The molecule has 3 rings (SSSR count). The number of para-hydroxylation sites is 1. The van der Waals surface area contributed by atoms with Crippen LogP contribution in [0.1, 0.15) is 30.1 Å². The van der Waals surface area contributed by atoms with Crippen LogP contribution in [0.2, 0.25) is 0 Å². The fraction of sp³-hybridized carbons (Fsp3) is 0.562. The second-order valence-corrected chi connectivity index (χ2v) is 5.92. The van der Waals surface area contributed by atoms with Crippen LogP contribution in [-0.2, 0) is 0 Å². The summed E-state index contributed by atoms with van der Waals surface area (Å²) in [4.78, 5) is 16.2. The minimum atomic E-state index is -0.284. The van der Waals surface area contributed by atoms with E-state index in [1.807, 2.05) is 4.90 Å². The molecule has 0 bridgehead atoms. The first-order chi connectivity index (χ1) is 9.65. The number of rotatable bonds is 4. The van der Waals surface area contributed by atoms with Crippen molar-refractivity contribution in [2.45, 2.75) is 19.8 Å². The summed E-state index contributed by atoms with van der Waals surface area (Å²) in [6.07, 6.45) is 2.73. The first kappa shape index (κ1) is 13.6. The van der Waals surface area contributed by atoms with Crippen molar-refractivity contribution >= 4 is 11.5 Å². The molecule has 0 spiro atoms. The van der Waals surface area contributed by atoms with Crippen LogP contribution in [0.25, 0.3) is 0 Å². The summed E-state index contributed by atoms with van der Waals surface area (Å²) in [6.45, 7) is 6.21. The van der Waals surface area contributed by atoms with Gasteiger partial charge in [0.15, 0.2) is 5.78 Å². The monoisotopic (exact) mass is 276 g/mol. The molecular weight excluding hydrogens is 255 g/mol. The van der Waals surface area contributed by atoms with Crippen LogP contribution in [0, 0.1) is 11.7 Å². The van der Waals surface area contributed by atoms with E-state index in [9.17, 15) is 9.18 Å². The van der Waals surface area contributed by atoms with Crippen LogP contribution in [0.4, 0.5) is 10.1 Å². The Morgan fingerprint density at radius 2 is 1.95 bits per heavy atom. The van der Waals surface area contributed by atoms with Gasteiger partial charge in [-0.05, 0) is 37.8 Å². The third kappa shape index (κ3) is 2.85. The smallest absolute Gasteiger partial charge is 0.161 e. The lowest BCUT2D eigenvalue weighted by Crippen LogP contribution is -2.47. The average Bonchev–Trinajstić information content (AvgIpc) is 3.23. The van der Waals surface area contributed by atoms with Crippen molar-refractivity contribution in [2.75, 3.05) is 37.6 Å². The highest BCUT2D eigenvalue weighted by atomic mass is 19.1. The second kappa shape index (κ2) is 5.52. The third-order valence-corrected chi connectivity index (χ3v) is 4.27. The molecule has 0 N–H and O–H groups in total. The highest BCUT2D eigenvalue weighted by Gasteiger charge is 2.28. The maximum atomic E-state index is 14.1. The fourth-order valence-corrected chi connectivity index (χ4v) is 2.94. The van der Waals surface area contributed by atoms with Gasteiger partial charge in [-0.15, -0.1) is 0 Å². The molecule has 108 valence electrons. The lowest BCUT2D eigenvalue weighted by atomic mass is 10.1. The van der Waals surface area contributed by atoms with Gasteiger partial charge >= 0.3 is 0 Å². The van der Waals surface area contributed by atoms with Crippen molar-refractivity contribution in [3.8, 4) is 0 Å². The molecule has 3 nitrogen and oxygen atoms in total. The Morgan fingerprint density at radius 3 is 2.55 bits per heavy atom. The summed E-state index contributed by atoms with van der Waals surface area (Å²) >= 11 is 0. The van der Waals surface area contributed by atoms with Gasteiger partial charge in [-0.3, -0.25) is 9.69 Å². The Balaban J connectivity index is 1.72. The molecule has 0 amide bonds. The van der Waals surface area contributed by atoms with Crippen molar-refractivity contribution in [1.29, 1.82) is 0 Å². The number of hydrogen-bond acceptors (Lipinski definition) is 3. The molecule has 2 fully saturated rings. The molecule has 20 heavy (non-hydrogen) atoms. The van der Waals surface area contributed by atoms with E-state index < -0.39 is 0 Å². The Bertz CT molecular complexity index is 505. The van der Waals surface area contributed by atoms with Gasteiger partial charge < -0.3 is 4.90 Å². The number of anilines is 1. The van der Waals surface area contributed by atoms with Crippen LogP contribution >= 0.6 is 0 Å². The quantitative estimate of drug-likeness (QED) is 0.790. The summed E-state index contributed by atoms with van der Waals surface area (Å²) in [7, 11) is 0. The zero-order chi connectivity index (χ0) is 14.1. The molecule has 0 atom stereocenters. The Hall–Kier alpha value is -1.42. The molecular formula is C16H21FN2O. The van der Waals surface area contributed by atoms with Crippen molar-refractivity contribution in [3.63, 3.8) is 0 Å². The first-order valence-electron chi connectivity index (χ1n) is 7.42. The normalized spacial score (nSPS) is 20.2. The van der Waals surface area contributed by atoms with Gasteiger partial charge in [-0.1, -0.05) is 6.07 Å². The highest BCUT2D eigenvalue weighted by molar-refractivity contribution is 5.99. The molecule has 1 aliphatic carbocycles. The van der Waals surface area contributed by atoms with Crippen molar-refractivity contribution in [2.24, 2.45) is 5.92 Å². The minimum Gasteiger partial charge on any atom is -0.366 e. The molecule has 0 aromatic heterocycles. The van der Waals surface area contributed by atoms with Crippen LogP contribution in [0.5, 0.6) is 0 Å². The van der Waals surface area contributed by atoms with Gasteiger partial charge in [0.25, 0.3) is 0 Å². The standard InChI is InChI=1S/C16H21FN2O/c1-12(20)14-3-2-4-15(17)16(14)19-9-7-18(8-10-19)11-13-5-6-13/h2-4,13H,5-11H2,1H3. The number of halogens is 1. The van der Waals surface area contributed by atoms with Gasteiger partial charge in [-0.2, -0.15) is 0 Å². The average molecular weight is 276 g/mol. The van der Waals surface area contributed by atoms with E-state index in [1.54, 1.807) is 12.1 Å². The summed E-state index contributed by atoms with van der Waals surface area (Å²) < 4.78 is 14.1. The maximum Gasteiger partial charge on any atom is 0.161 e. The maximum absolute atomic E-state index is 14.1. The van der Waals surface area contributed by atoms with Crippen LogP contribution in [0.3, 0.4) is 0 Å². The number of piperazine rings is 1. The van der Waals surface area contributed by atoms with Gasteiger partial charge in [0.05, 0.1) is 5.69 Å². The van der Waals surface area contributed by atoms with Gasteiger partial charge in [0.2, 0.25) is 0 Å². The lowest BCUT2D eigenvalue weighted by molar-refractivity contribution is 0.101. The summed E-state index contributed by atoms with van der Waals surface area (Å²) in [5.41, 5.74) is 0.992. The zero-order valence-electron chi connectivity index (χ0n) is 11.9. The molecule has 1 saturated heterocycles. The van der Waals surface area contributed by atoms with E-state index in [4.69, 9.17) is 0 Å². The van der Waals surface area contributed by atoms with Crippen molar-refractivity contribution in [1.82, 2.24) is 4.90 Å².